The molecule has 1 heterocycles. The van der Waals surface area contributed by atoms with Gasteiger partial charge in [0, 0.05) is 0 Å². The fourth-order valence-electron chi connectivity index (χ4n) is 2.90. The Morgan fingerprint density at radius 2 is 1.57 bits per heavy atom. The van der Waals surface area contributed by atoms with Gasteiger partial charge < -0.3 is 0 Å². The maximum absolute atomic E-state index is 2.46. The summed E-state index contributed by atoms with van der Waals surface area (Å²) in [5.74, 6) is 0.499. The van der Waals surface area contributed by atoms with Gasteiger partial charge >= 0.3 is 134 Å². The van der Waals surface area contributed by atoms with E-state index in [-0.39, 0.29) is 4.31 Å². The number of hydrogen-bond acceptors (Lipinski definition) is 0. The number of rotatable bonds is 3. The Bertz CT molecular complexity index is 655. The molecule has 0 fully saturated rings. The fourth-order valence-corrected chi connectivity index (χ4v) is 5.76. The van der Waals surface area contributed by atoms with Crippen LogP contribution in [0.3, 0.4) is 0 Å². The van der Waals surface area contributed by atoms with E-state index in [0.717, 1.165) is 0 Å². The Balaban J connectivity index is 1.90. The molecule has 0 radical (unpaired) electrons. The third kappa shape index (κ3) is 3.20. The quantitative estimate of drug-likeness (QED) is 0.667. The van der Waals surface area contributed by atoms with E-state index in [0.29, 0.717) is 20.9 Å². The molecule has 0 saturated heterocycles. The molecule has 1 aliphatic heterocycles. The molecule has 0 aromatic heterocycles. The van der Waals surface area contributed by atoms with Crippen molar-refractivity contribution in [3.8, 4) is 0 Å². The second-order valence-corrected chi connectivity index (χ2v) is 9.32. The summed E-state index contributed by atoms with van der Waals surface area (Å²) in [6.45, 7) is 4.68. The van der Waals surface area contributed by atoms with Crippen LogP contribution in [0.2, 0.25) is 4.31 Å². The van der Waals surface area contributed by atoms with Gasteiger partial charge in [-0.25, -0.2) is 0 Å². The van der Waals surface area contributed by atoms with E-state index in [1.807, 2.05) is 0 Å². The summed E-state index contributed by atoms with van der Waals surface area (Å²) in [5.41, 5.74) is 2.71. The molecule has 0 saturated carbocycles. The minimum atomic E-state index is 0.230. The van der Waals surface area contributed by atoms with E-state index in [4.69, 9.17) is 0 Å². The molecule has 0 nitrogen and oxygen atoms in total. The van der Waals surface area contributed by atoms with Gasteiger partial charge in [-0.3, -0.25) is 0 Å². The molecule has 2 aromatic rings. The maximum atomic E-state index is 2.46. The Morgan fingerprint density at radius 1 is 0.952 bits per heavy atom. The molecule has 1 aliphatic rings. The molecule has 2 atom stereocenters. The van der Waals surface area contributed by atoms with E-state index < -0.39 is 0 Å². The molecule has 21 heavy (non-hydrogen) atoms. The molecular formula is C20H20Se. The zero-order valence-electron chi connectivity index (χ0n) is 12.5. The van der Waals surface area contributed by atoms with Gasteiger partial charge in [0.05, 0.1) is 0 Å². The van der Waals surface area contributed by atoms with E-state index >= 15 is 0 Å². The van der Waals surface area contributed by atoms with Crippen molar-refractivity contribution in [3.05, 3.63) is 88.4 Å². The van der Waals surface area contributed by atoms with Crippen LogP contribution < -0.4 is 0 Å². The van der Waals surface area contributed by atoms with Crippen molar-refractivity contribution < 1.29 is 0 Å². The summed E-state index contributed by atoms with van der Waals surface area (Å²) in [7, 11) is 0. The van der Waals surface area contributed by atoms with Crippen LogP contribution in [0.5, 0.6) is 0 Å². The second-order valence-electron chi connectivity index (χ2n) is 5.70. The molecule has 0 amide bonds. The summed E-state index contributed by atoms with van der Waals surface area (Å²) in [6.07, 6.45) is 7.17. The van der Waals surface area contributed by atoms with Crippen LogP contribution >= 0.6 is 0 Å². The average molecular weight is 339 g/mol. The fraction of sp³-hybridized carbons (Fsp3) is 0.200. The molecule has 0 bridgehead atoms. The third-order valence-corrected chi connectivity index (χ3v) is 6.67. The van der Waals surface area contributed by atoms with Gasteiger partial charge in [0.25, 0.3) is 0 Å². The number of benzene rings is 2. The van der Waals surface area contributed by atoms with Crippen LogP contribution in [-0.2, 0) is 0 Å². The number of allylic oxidation sites excluding steroid dienone is 3. The summed E-state index contributed by atoms with van der Waals surface area (Å²) in [5, 5.41) is 0. The van der Waals surface area contributed by atoms with Crippen molar-refractivity contribution in [1.82, 2.24) is 0 Å². The second kappa shape index (κ2) is 6.05. The van der Waals surface area contributed by atoms with Crippen LogP contribution in [0.4, 0.5) is 0 Å². The van der Waals surface area contributed by atoms with Crippen molar-refractivity contribution in [2.24, 2.45) is 0 Å². The molecule has 3 rings (SSSR count). The van der Waals surface area contributed by atoms with Gasteiger partial charge in [0.15, 0.2) is 0 Å². The summed E-state index contributed by atoms with van der Waals surface area (Å²) in [4.78, 5) is 0. The van der Waals surface area contributed by atoms with Crippen molar-refractivity contribution in [2.45, 2.75) is 24.1 Å². The van der Waals surface area contributed by atoms with Crippen molar-refractivity contribution in [2.75, 3.05) is 0 Å². The predicted molar refractivity (Wildman–Crippen MR) is 92.5 cm³/mol. The van der Waals surface area contributed by atoms with Crippen LogP contribution in [0.15, 0.2) is 77.3 Å². The first-order valence-corrected chi connectivity index (χ1v) is 9.05. The summed E-state index contributed by atoms with van der Waals surface area (Å²) in [6, 6.07) is 21.5. The van der Waals surface area contributed by atoms with Crippen LogP contribution in [0.25, 0.3) is 6.08 Å². The van der Waals surface area contributed by atoms with E-state index in [1.165, 1.54) is 11.1 Å². The monoisotopic (exact) mass is 340 g/mol. The van der Waals surface area contributed by atoms with Gasteiger partial charge in [-0.1, -0.05) is 0 Å². The topological polar surface area (TPSA) is 0 Å². The Kier molecular flexibility index (Phi) is 4.14. The molecule has 0 N–H and O–H groups in total. The SMILES string of the molecule is CC1=C[C@@H](c2ccccc2)[C@](C)(/C=C/c2ccccc2)[Se]1. The minimum absolute atomic E-state index is 0.230. The predicted octanol–water partition coefficient (Wildman–Crippen LogP) is 5.28. The van der Waals surface area contributed by atoms with E-state index in [1.54, 1.807) is 4.47 Å². The van der Waals surface area contributed by atoms with Crippen molar-refractivity contribution in [1.29, 1.82) is 0 Å². The summed E-state index contributed by atoms with van der Waals surface area (Å²) < 4.78 is 1.78. The van der Waals surface area contributed by atoms with Gasteiger partial charge in [0.2, 0.25) is 0 Å². The Morgan fingerprint density at radius 3 is 2.24 bits per heavy atom. The molecule has 1 heteroatoms. The first kappa shape index (κ1) is 14.4. The standard InChI is InChI=1S/C20H20Se/c1-16-15-19(18-11-7-4-8-12-18)20(2,21-16)14-13-17-9-5-3-6-10-17/h3-15,19H,1-2H3/b14-13+/t19-,20-/m0/s1. The molecule has 0 aliphatic carbocycles. The van der Waals surface area contributed by atoms with Gasteiger partial charge in [-0.05, 0) is 0 Å². The normalized spacial score (nSPS) is 25.2. The first-order valence-electron chi connectivity index (χ1n) is 7.34. The van der Waals surface area contributed by atoms with Gasteiger partial charge in [-0.2, -0.15) is 0 Å². The summed E-state index contributed by atoms with van der Waals surface area (Å²) >= 11 is 0.513. The molecular weight excluding hydrogens is 319 g/mol. The van der Waals surface area contributed by atoms with Crippen molar-refractivity contribution >= 4 is 21.0 Å². The number of hydrogen-bond donors (Lipinski definition) is 0. The molecule has 0 spiro atoms. The zero-order chi connectivity index (χ0) is 14.7. The van der Waals surface area contributed by atoms with Gasteiger partial charge in [0.1, 0.15) is 0 Å². The Labute approximate surface area is 133 Å². The third-order valence-electron chi connectivity index (χ3n) is 3.96. The van der Waals surface area contributed by atoms with Crippen LogP contribution in [0.1, 0.15) is 30.9 Å². The van der Waals surface area contributed by atoms with E-state index in [9.17, 15) is 0 Å². The molecule has 106 valence electrons. The van der Waals surface area contributed by atoms with Crippen LogP contribution in [-0.4, -0.2) is 15.0 Å². The molecule has 2 aromatic carbocycles. The first-order chi connectivity index (χ1) is 10.2. The zero-order valence-corrected chi connectivity index (χ0v) is 14.2. The Hall–Kier alpha value is -1.56. The van der Waals surface area contributed by atoms with Crippen molar-refractivity contribution in [3.63, 3.8) is 0 Å². The van der Waals surface area contributed by atoms with Crippen LogP contribution in [0, 0.1) is 0 Å². The van der Waals surface area contributed by atoms with E-state index in [2.05, 4.69) is 92.7 Å². The van der Waals surface area contributed by atoms with Gasteiger partial charge in [-0.15, -0.1) is 0 Å². The average Bonchev–Trinajstić information content (AvgIpc) is 2.83. The molecule has 0 unspecified atom stereocenters.